The average Bonchev–Trinajstić information content (AvgIpc) is 3.39. The molecule has 1 unspecified atom stereocenters. The molecule has 27 heavy (non-hydrogen) atoms. The lowest BCUT2D eigenvalue weighted by atomic mass is 9.94. The number of rotatable bonds is 6. The summed E-state index contributed by atoms with van der Waals surface area (Å²) < 4.78 is 5.40. The zero-order chi connectivity index (χ0) is 18.5. The molecule has 1 saturated carbocycles. The smallest absolute Gasteiger partial charge is 0.227 e. The average molecular weight is 369 g/mol. The topological polar surface area (TPSA) is 85.0 Å². The fourth-order valence-corrected chi connectivity index (χ4v) is 4.35. The minimum Gasteiger partial charge on any atom is -0.342 e. The summed E-state index contributed by atoms with van der Waals surface area (Å²) in [5.74, 6) is 2.55. The van der Waals surface area contributed by atoms with Gasteiger partial charge in [-0.2, -0.15) is 4.98 Å². The summed E-state index contributed by atoms with van der Waals surface area (Å²) in [6.45, 7) is 1.68. The molecule has 0 aromatic carbocycles. The Morgan fingerprint density at radius 1 is 1.15 bits per heavy atom. The number of piperidine rings is 1. The number of nitrogens with zero attached hydrogens (tertiary/aromatic N) is 5. The van der Waals surface area contributed by atoms with Gasteiger partial charge in [0.25, 0.3) is 0 Å². The molecule has 144 valence electrons. The summed E-state index contributed by atoms with van der Waals surface area (Å²) in [4.78, 5) is 27.3. The van der Waals surface area contributed by atoms with E-state index in [2.05, 4.69) is 20.1 Å². The molecule has 7 heteroatoms. The maximum atomic E-state index is 12.6. The molecule has 1 aliphatic carbocycles. The Morgan fingerprint density at radius 2 is 2.00 bits per heavy atom. The largest absolute Gasteiger partial charge is 0.342 e. The molecule has 0 spiro atoms. The van der Waals surface area contributed by atoms with Crippen LogP contribution in [-0.4, -0.2) is 44.0 Å². The van der Waals surface area contributed by atoms with Crippen LogP contribution in [0.25, 0.3) is 11.5 Å². The normalized spacial score (nSPS) is 20.9. The molecule has 1 amide bonds. The molecule has 1 aliphatic heterocycles. The Hall–Kier alpha value is -2.31. The predicted octanol–water partition coefficient (Wildman–Crippen LogP) is 3.28. The van der Waals surface area contributed by atoms with Crippen molar-refractivity contribution >= 4 is 5.91 Å². The SMILES string of the molecule is O=C(CCC1CCCC1)N1CCCC(Cc2nc(-c3cnccn3)no2)C1. The summed E-state index contributed by atoms with van der Waals surface area (Å²) in [5.41, 5.74) is 0.611. The first kappa shape index (κ1) is 18.1. The molecule has 7 nitrogen and oxygen atoms in total. The molecule has 2 aromatic rings. The van der Waals surface area contributed by atoms with Gasteiger partial charge in [-0.15, -0.1) is 0 Å². The monoisotopic (exact) mass is 369 g/mol. The van der Waals surface area contributed by atoms with E-state index in [9.17, 15) is 4.79 Å². The maximum absolute atomic E-state index is 12.6. The van der Waals surface area contributed by atoms with Gasteiger partial charge in [-0.25, -0.2) is 4.98 Å². The van der Waals surface area contributed by atoms with Crippen molar-refractivity contribution in [3.05, 3.63) is 24.5 Å². The number of likely N-dealkylation sites (tertiary alicyclic amines) is 1. The van der Waals surface area contributed by atoms with E-state index in [0.29, 0.717) is 42.1 Å². The van der Waals surface area contributed by atoms with Crippen molar-refractivity contribution in [2.75, 3.05) is 13.1 Å². The highest BCUT2D eigenvalue weighted by Crippen LogP contribution is 2.29. The summed E-state index contributed by atoms with van der Waals surface area (Å²) in [5, 5.41) is 4.01. The van der Waals surface area contributed by atoms with Crippen LogP contribution in [0.2, 0.25) is 0 Å². The molecule has 2 fully saturated rings. The molecule has 3 heterocycles. The van der Waals surface area contributed by atoms with Crippen LogP contribution in [0.4, 0.5) is 0 Å². The second kappa shape index (κ2) is 8.59. The van der Waals surface area contributed by atoms with E-state index in [0.717, 1.165) is 38.3 Å². The lowest BCUT2D eigenvalue weighted by Gasteiger charge is -2.32. The highest BCUT2D eigenvalue weighted by atomic mass is 16.5. The maximum Gasteiger partial charge on any atom is 0.227 e. The summed E-state index contributed by atoms with van der Waals surface area (Å²) in [6, 6.07) is 0. The predicted molar refractivity (Wildman–Crippen MR) is 99.5 cm³/mol. The van der Waals surface area contributed by atoms with Gasteiger partial charge in [0.1, 0.15) is 5.69 Å². The molecule has 0 N–H and O–H groups in total. The zero-order valence-corrected chi connectivity index (χ0v) is 15.7. The third-order valence-electron chi connectivity index (χ3n) is 5.84. The van der Waals surface area contributed by atoms with Crippen LogP contribution in [-0.2, 0) is 11.2 Å². The van der Waals surface area contributed by atoms with Crippen molar-refractivity contribution in [3.63, 3.8) is 0 Å². The Morgan fingerprint density at radius 3 is 2.81 bits per heavy atom. The Labute approximate surface area is 159 Å². The molecule has 2 aliphatic rings. The van der Waals surface area contributed by atoms with Gasteiger partial charge in [0.05, 0.1) is 6.20 Å². The molecule has 0 bridgehead atoms. The van der Waals surface area contributed by atoms with Crippen molar-refractivity contribution in [1.29, 1.82) is 0 Å². The van der Waals surface area contributed by atoms with Crippen LogP contribution < -0.4 is 0 Å². The van der Waals surface area contributed by atoms with Crippen LogP contribution in [0.1, 0.15) is 57.3 Å². The van der Waals surface area contributed by atoms with Crippen LogP contribution in [0.15, 0.2) is 23.1 Å². The minimum atomic E-state index is 0.317. The van der Waals surface area contributed by atoms with E-state index < -0.39 is 0 Å². The quantitative estimate of drug-likeness (QED) is 0.777. The lowest BCUT2D eigenvalue weighted by Crippen LogP contribution is -2.40. The van der Waals surface area contributed by atoms with Gasteiger partial charge in [0.2, 0.25) is 17.6 Å². The van der Waals surface area contributed by atoms with E-state index in [1.807, 2.05) is 4.90 Å². The number of amides is 1. The van der Waals surface area contributed by atoms with E-state index in [4.69, 9.17) is 4.52 Å². The Bertz CT molecular complexity index is 742. The number of hydrogen-bond donors (Lipinski definition) is 0. The highest BCUT2D eigenvalue weighted by Gasteiger charge is 2.26. The van der Waals surface area contributed by atoms with Gasteiger partial charge in [0, 0.05) is 38.3 Å². The summed E-state index contributed by atoms with van der Waals surface area (Å²) in [7, 11) is 0. The minimum absolute atomic E-state index is 0.317. The van der Waals surface area contributed by atoms with Gasteiger partial charge in [-0.1, -0.05) is 30.8 Å². The van der Waals surface area contributed by atoms with Gasteiger partial charge in [-0.05, 0) is 31.1 Å². The first-order valence-electron chi connectivity index (χ1n) is 10.1. The third kappa shape index (κ3) is 4.70. The first-order chi connectivity index (χ1) is 13.3. The molecule has 1 saturated heterocycles. The molecular formula is C20H27N5O2. The molecule has 0 radical (unpaired) electrons. The second-order valence-electron chi connectivity index (χ2n) is 7.84. The van der Waals surface area contributed by atoms with Crippen LogP contribution in [0.5, 0.6) is 0 Å². The van der Waals surface area contributed by atoms with Crippen LogP contribution >= 0.6 is 0 Å². The van der Waals surface area contributed by atoms with Gasteiger partial charge >= 0.3 is 0 Å². The van der Waals surface area contributed by atoms with Crippen molar-refractivity contribution < 1.29 is 9.32 Å². The molecule has 2 aromatic heterocycles. The number of carbonyl (C=O) groups is 1. The lowest BCUT2D eigenvalue weighted by molar-refractivity contribution is -0.133. The fourth-order valence-electron chi connectivity index (χ4n) is 4.35. The summed E-state index contributed by atoms with van der Waals surface area (Å²) in [6.07, 6.45) is 14.8. The fraction of sp³-hybridized carbons (Fsp3) is 0.650. The van der Waals surface area contributed by atoms with Crippen molar-refractivity contribution in [3.8, 4) is 11.5 Å². The summed E-state index contributed by atoms with van der Waals surface area (Å²) >= 11 is 0. The van der Waals surface area contributed by atoms with Crippen molar-refractivity contribution in [2.24, 2.45) is 11.8 Å². The molecule has 4 rings (SSSR count). The van der Waals surface area contributed by atoms with Gasteiger partial charge in [-0.3, -0.25) is 9.78 Å². The van der Waals surface area contributed by atoms with E-state index in [-0.39, 0.29) is 0 Å². The van der Waals surface area contributed by atoms with Crippen molar-refractivity contribution in [1.82, 2.24) is 25.0 Å². The first-order valence-corrected chi connectivity index (χ1v) is 10.1. The van der Waals surface area contributed by atoms with E-state index in [1.54, 1.807) is 18.6 Å². The van der Waals surface area contributed by atoms with Crippen LogP contribution in [0.3, 0.4) is 0 Å². The van der Waals surface area contributed by atoms with Gasteiger partial charge < -0.3 is 9.42 Å². The van der Waals surface area contributed by atoms with Crippen LogP contribution in [0, 0.1) is 11.8 Å². The van der Waals surface area contributed by atoms with E-state index in [1.165, 1.54) is 25.7 Å². The number of aromatic nitrogens is 4. The Balaban J connectivity index is 1.29. The number of carbonyl (C=O) groups excluding carboxylic acids is 1. The Kier molecular flexibility index (Phi) is 5.75. The third-order valence-corrected chi connectivity index (χ3v) is 5.84. The molecule has 1 atom stereocenters. The van der Waals surface area contributed by atoms with Crippen molar-refractivity contribution in [2.45, 2.75) is 57.8 Å². The second-order valence-corrected chi connectivity index (χ2v) is 7.84. The zero-order valence-electron chi connectivity index (χ0n) is 15.7. The van der Waals surface area contributed by atoms with E-state index >= 15 is 0 Å². The standard InChI is InChI=1S/C20H27N5O2/c26-19(8-7-15-4-1-2-5-15)25-11-3-6-16(14-25)12-18-23-20(24-27-18)17-13-21-9-10-22-17/h9-10,13,15-16H,1-8,11-12,14H2. The molecular weight excluding hydrogens is 342 g/mol. The highest BCUT2D eigenvalue weighted by molar-refractivity contribution is 5.76. The van der Waals surface area contributed by atoms with Gasteiger partial charge in [0.15, 0.2) is 0 Å². The number of hydrogen-bond acceptors (Lipinski definition) is 6.